The molecule has 1 unspecified atom stereocenters. The van der Waals surface area contributed by atoms with Gasteiger partial charge in [0.25, 0.3) is 5.91 Å². The van der Waals surface area contributed by atoms with Crippen LogP contribution in [-0.2, 0) is 7.05 Å². The molecule has 1 fully saturated rings. The first kappa shape index (κ1) is 15.2. The molecule has 3 nitrogen and oxygen atoms in total. The van der Waals surface area contributed by atoms with Crippen molar-refractivity contribution >= 4 is 21.8 Å². The topological polar surface area (TPSA) is 24.2 Å². The Balaban J connectivity index is 1.93. The van der Waals surface area contributed by atoms with E-state index in [9.17, 15) is 4.79 Å². The van der Waals surface area contributed by atoms with Crippen molar-refractivity contribution in [2.24, 2.45) is 7.05 Å². The molecule has 2 heterocycles. The number of carbonyl (C=O) groups excluding carboxylic acids is 1. The maximum Gasteiger partial charge on any atom is 0.255 e. The van der Waals surface area contributed by atoms with Crippen molar-refractivity contribution in [2.45, 2.75) is 25.3 Å². The minimum atomic E-state index is 0.115. The molecule has 4 heteroatoms. The smallest absolute Gasteiger partial charge is 0.255 e. The van der Waals surface area contributed by atoms with Crippen LogP contribution in [-0.4, -0.2) is 17.4 Å². The lowest BCUT2D eigenvalue weighted by atomic mass is 9.95. The average Bonchev–Trinajstić information content (AvgIpc) is 2.55. The van der Waals surface area contributed by atoms with Crippen molar-refractivity contribution in [3.05, 3.63) is 64.4 Å². The largest absolute Gasteiger partial charge is 0.331 e. The molecule has 1 atom stereocenters. The number of rotatable bonds is 2. The van der Waals surface area contributed by atoms with Crippen molar-refractivity contribution in [3.8, 4) is 0 Å². The molecular formula is C18H20BrN2O+. The Morgan fingerprint density at radius 3 is 2.82 bits per heavy atom. The first-order valence-corrected chi connectivity index (χ1v) is 8.47. The first-order valence-electron chi connectivity index (χ1n) is 7.67. The van der Waals surface area contributed by atoms with Crippen LogP contribution in [0, 0.1) is 0 Å². The number of nitrogens with zero attached hydrogens (tertiary/aromatic N) is 2. The molecule has 1 amide bonds. The summed E-state index contributed by atoms with van der Waals surface area (Å²) in [5.41, 5.74) is 1.96. The number of halogens is 1. The van der Waals surface area contributed by atoms with Crippen molar-refractivity contribution in [1.29, 1.82) is 0 Å². The van der Waals surface area contributed by atoms with Crippen LogP contribution >= 0.6 is 15.9 Å². The number of likely N-dealkylation sites (tertiary alicyclic amines) is 1. The van der Waals surface area contributed by atoms with Gasteiger partial charge in [-0.1, -0.05) is 12.1 Å². The number of aryl methyl sites for hydroxylation is 1. The summed E-state index contributed by atoms with van der Waals surface area (Å²) in [6.45, 7) is 0.823. The fourth-order valence-electron chi connectivity index (χ4n) is 3.12. The molecule has 22 heavy (non-hydrogen) atoms. The highest BCUT2D eigenvalue weighted by molar-refractivity contribution is 9.10. The summed E-state index contributed by atoms with van der Waals surface area (Å²) in [7, 11) is 2.02. The molecule has 0 bridgehead atoms. The van der Waals surface area contributed by atoms with Gasteiger partial charge in [0, 0.05) is 22.6 Å². The zero-order valence-electron chi connectivity index (χ0n) is 12.7. The van der Waals surface area contributed by atoms with E-state index in [1.165, 1.54) is 12.0 Å². The highest BCUT2D eigenvalue weighted by Gasteiger charge is 2.30. The maximum atomic E-state index is 13.0. The summed E-state index contributed by atoms with van der Waals surface area (Å²) in [6, 6.07) is 12.0. The van der Waals surface area contributed by atoms with Crippen molar-refractivity contribution in [1.82, 2.24) is 4.90 Å². The SMILES string of the molecule is C[n+]1cccc(C2CCCCN2C(=O)c2ccccc2Br)c1. The van der Waals surface area contributed by atoms with E-state index in [2.05, 4.69) is 28.2 Å². The molecule has 0 spiro atoms. The van der Waals surface area contributed by atoms with Gasteiger partial charge in [0.05, 0.1) is 11.6 Å². The van der Waals surface area contributed by atoms with Gasteiger partial charge in [-0.05, 0) is 53.4 Å². The zero-order chi connectivity index (χ0) is 15.5. The molecule has 1 aliphatic heterocycles. The van der Waals surface area contributed by atoms with E-state index in [4.69, 9.17) is 0 Å². The van der Waals surface area contributed by atoms with Gasteiger partial charge >= 0.3 is 0 Å². The van der Waals surface area contributed by atoms with Gasteiger partial charge in [-0.3, -0.25) is 4.79 Å². The van der Waals surface area contributed by atoms with Crippen LogP contribution in [0.15, 0.2) is 53.3 Å². The summed E-state index contributed by atoms with van der Waals surface area (Å²) in [5.74, 6) is 0.115. The third-order valence-electron chi connectivity index (χ3n) is 4.22. The second-order valence-electron chi connectivity index (χ2n) is 5.79. The van der Waals surface area contributed by atoms with E-state index in [1.54, 1.807) is 0 Å². The third-order valence-corrected chi connectivity index (χ3v) is 4.91. The van der Waals surface area contributed by atoms with Crippen LogP contribution in [0.2, 0.25) is 0 Å². The fourth-order valence-corrected chi connectivity index (χ4v) is 3.57. The molecule has 1 aromatic heterocycles. The first-order chi connectivity index (χ1) is 10.7. The number of carbonyl (C=O) groups is 1. The predicted molar refractivity (Wildman–Crippen MR) is 89.4 cm³/mol. The maximum absolute atomic E-state index is 13.0. The zero-order valence-corrected chi connectivity index (χ0v) is 14.3. The molecular weight excluding hydrogens is 340 g/mol. The Hall–Kier alpha value is -1.68. The number of aromatic nitrogens is 1. The lowest BCUT2D eigenvalue weighted by molar-refractivity contribution is -0.672. The second kappa shape index (κ2) is 6.61. The normalized spacial score (nSPS) is 18.3. The monoisotopic (exact) mass is 359 g/mol. The summed E-state index contributed by atoms with van der Waals surface area (Å²) in [4.78, 5) is 15.0. The van der Waals surface area contributed by atoms with E-state index in [1.807, 2.05) is 53.0 Å². The van der Waals surface area contributed by atoms with E-state index in [-0.39, 0.29) is 11.9 Å². The van der Waals surface area contributed by atoms with Crippen molar-refractivity contribution in [2.75, 3.05) is 6.54 Å². The molecule has 0 radical (unpaired) electrons. The third kappa shape index (κ3) is 3.07. The van der Waals surface area contributed by atoms with Crippen molar-refractivity contribution < 1.29 is 9.36 Å². The Morgan fingerprint density at radius 1 is 1.23 bits per heavy atom. The highest BCUT2D eigenvalue weighted by Crippen LogP contribution is 2.32. The molecule has 0 N–H and O–H groups in total. The van der Waals surface area contributed by atoms with Crippen LogP contribution in [0.3, 0.4) is 0 Å². The molecule has 1 aromatic carbocycles. The lowest BCUT2D eigenvalue weighted by Crippen LogP contribution is -2.40. The van der Waals surface area contributed by atoms with Gasteiger partial charge in [-0.15, -0.1) is 0 Å². The number of amides is 1. The second-order valence-corrected chi connectivity index (χ2v) is 6.65. The number of hydrogen-bond acceptors (Lipinski definition) is 1. The van der Waals surface area contributed by atoms with E-state index < -0.39 is 0 Å². The minimum absolute atomic E-state index is 0.115. The fraction of sp³-hybridized carbons (Fsp3) is 0.333. The number of piperidine rings is 1. The van der Waals surface area contributed by atoms with Crippen LogP contribution < -0.4 is 4.57 Å². The minimum Gasteiger partial charge on any atom is -0.331 e. The summed E-state index contributed by atoms with van der Waals surface area (Å²) < 4.78 is 2.91. The summed E-state index contributed by atoms with van der Waals surface area (Å²) in [6.07, 6.45) is 7.41. The Morgan fingerprint density at radius 2 is 2.05 bits per heavy atom. The molecule has 2 aromatic rings. The Kier molecular flexibility index (Phi) is 4.57. The summed E-state index contributed by atoms with van der Waals surface area (Å²) >= 11 is 3.50. The van der Waals surface area contributed by atoms with Gasteiger partial charge < -0.3 is 4.90 Å². The number of hydrogen-bond donors (Lipinski definition) is 0. The van der Waals surface area contributed by atoms with Gasteiger partial charge in [-0.2, -0.15) is 0 Å². The van der Waals surface area contributed by atoms with Gasteiger partial charge in [0.15, 0.2) is 12.4 Å². The molecule has 114 valence electrons. The quantitative estimate of drug-likeness (QED) is 0.751. The number of pyridine rings is 1. The summed E-state index contributed by atoms with van der Waals surface area (Å²) in [5, 5.41) is 0. The van der Waals surface area contributed by atoms with E-state index >= 15 is 0 Å². The molecule has 0 saturated carbocycles. The van der Waals surface area contributed by atoms with Crippen molar-refractivity contribution in [3.63, 3.8) is 0 Å². The van der Waals surface area contributed by atoms with Crippen LogP contribution in [0.5, 0.6) is 0 Å². The Labute approximate surface area is 139 Å². The molecule has 1 saturated heterocycles. The van der Waals surface area contributed by atoms with Crippen LogP contribution in [0.25, 0.3) is 0 Å². The Bertz CT molecular complexity index is 686. The van der Waals surface area contributed by atoms with E-state index in [0.29, 0.717) is 0 Å². The van der Waals surface area contributed by atoms with Crippen LogP contribution in [0.1, 0.15) is 41.2 Å². The van der Waals surface area contributed by atoms with Crippen LogP contribution in [0.4, 0.5) is 0 Å². The predicted octanol–water partition coefficient (Wildman–Crippen LogP) is 3.64. The van der Waals surface area contributed by atoms with Gasteiger partial charge in [-0.25, -0.2) is 4.57 Å². The highest BCUT2D eigenvalue weighted by atomic mass is 79.9. The molecule has 3 rings (SSSR count). The van der Waals surface area contributed by atoms with Gasteiger partial charge in [0.1, 0.15) is 7.05 Å². The average molecular weight is 360 g/mol. The molecule has 1 aliphatic rings. The standard InChI is InChI=1S/C18H20BrN2O/c1-20-11-6-7-14(13-20)17-10-4-5-12-21(17)18(22)15-8-2-3-9-16(15)19/h2-3,6-9,11,13,17H,4-5,10,12H2,1H3/q+1. The van der Waals surface area contributed by atoms with E-state index in [0.717, 1.165) is 29.4 Å². The van der Waals surface area contributed by atoms with Gasteiger partial charge in [0.2, 0.25) is 0 Å². The molecule has 0 aliphatic carbocycles. The number of benzene rings is 1. The lowest BCUT2D eigenvalue weighted by Gasteiger charge is -2.35.